The molecule has 0 unspecified atom stereocenters. The summed E-state index contributed by atoms with van der Waals surface area (Å²) in [5.41, 5.74) is 3.00. The molecular weight excluding hydrogens is 401 g/mol. The van der Waals surface area contributed by atoms with E-state index in [4.69, 9.17) is 16.6 Å². The SMILES string of the molecule is CCCn1c(CN(CCC(C)C)C(=O)c2cc(F)ccc2C)nc2ccc(Cl)cc21. The maximum Gasteiger partial charge on any atom is 0.254 e. The fraction of sp³-hybridized carbons (Fsp3) is 0.417. The molecule has 30 heavy (non-hydrogen) atoms. The number of carbonyl (C=O) groups is 1. The Hall–Kier alpha value is -2.40. The zero-order chi connectivity index (χ0) is 21.8. The van der Waals surface area contributed by atoms with E-state index in [1.165, 1.54) is 12.1 Å². The minimum atomic E-state index is -0.402. The Morgan fingerprint density at radius 1 is 1.23 bits per heavy atom. The first-order valence-electron chi connectivity index (χ1n) is 10.5. The summed E-state index contributed by atoms with van der Waals surface area (Å²) in [6, 6.07) is 10.0. The molecule has 1 amide bonds. The van der Waals surface area contributed by atoms with Crippen LogP contribution in [-0.2, 0) is 13.1 Å². The van der Waals surface area contributed by atoms with Crippen molar-refractivity contribution in [2.45, 2.75) is 53.6 Å². The van der Waals surface area contributed by atoms with Crippen LogP contribution in [0.5, 0.6) is 0 Å². The molecule has 0 aliphatic carbocycles. The lowest BCUT2D eigenvalue weighted by Gasteiger charge is -2.25. The van der Waals surface area contributed by atoms with Gasteiger partial charge in [0.25, 0.3) is 5.91 Å². The van der Waals surface area contributed by atoms with Crippen molar-refractivity contribution in [2.24, 2.45) is 5.92 Å². The molecule has 0 atom stereocenters. The number of benzene rings is 2. The van der Waals surface area contributed by atoms with Gasteiger partial charge in [0.05, 0.1) is 17.6 Å². The Bertz CT molecular complexity index is 1040. The summed E-state index contributed by atoms with van der Waals surface area (Å²) in [6.45, 7) is 9.95. The third-order valence-electron chi connectivity index (χ3n) is 5.26. The van der Waals surface area contributed by atoms with Gasteiger partial charge in [-0.3, -0.25) is 4.79 Å². The van der Waals surface area contributed by atoms with Gasteiger partial charge in [-0.25, -0.2) is 9.37 Å². The highest BCUT2D eigenvalue weighted by molar-refractivity contribution is 6.31. The van der Waals surface area contributed by atoms with Crippen molar-refractivity contribution in [3.8, 4) is 0 Å². The van der Waals surface area contributed by atoms with Gasteiger partial charge in [0.2, 0.25) is 0 Å². The van der Waals surface area contributed by atoms with Crippen LogP contribution in [0.25, 0.3) is 11.0 Å². The van der Waals surface area contributed by atoms with Crippen molar-refractivity contribution in [3.05, 3.63) is 64.2 Å². The van der Waals surface area contributed by atoms with Crippen LogP contribution in [0.4, 0.5) is 4.39 Å². The van der Waals surface area contributed by atoms with Gasteiger partial charge in [-0.1, -0.05) is 38.4 Å². The van der Waals surface area contributed by atoms with Crippen LogP contribution in [0.3, 0.4) is 0 Å². The molecule has 0 aliphatic heterocycles. The van der Waals surface area contributed by atoms with E-state index < -0.39 is 5.82 Å². The number of rotatable bonds is 8. The lowest BCUT2D eigenvalue weighted by Crippen LogP contribution is -2.33. The second-order valence-corrected chi connectivity index (χ2v) is 8.62. The van der Waals surface area contributed by atoms with Gasteiger partial charge < -0.3 is 9.47 Å². The fourth-order valence-electron chi connectivity index (χ4n) is 3.57. The zero-order valence-corrected chi connectivity index (χ0v) is 18.8. The molecule has 2 aromatic carbocycles. The number of halogens is 2. The number of imidazole rings is 1. The van der Waals surface area contributed by atoms with Crippen molar-refractivity contribution < 1.29 is 9.18 Å². The number of aryl methyl sites for hydroxylation is 2. The number of amides is 1. The number of hydrogen-bond acceptors (Lipinski definition) is 2. The molecular formula is C24H29ClFN3O. The summed E-state index contributed by atoms with van der Waals surface area (Å²) in [5, 5.41) is 0.662. The van der Waals surface area contributed by atoms with Gasteiger partial charge in [0.1, 0.15) is 11.6 Å². The third kappa shape index (κ3) is 5.01. The van der Waals surface area contributed by atoms with Crippen LogP contribution in [-0.4, -0.2) is 26.9 Å². The molecule has 0 saturated heterocycles. The predicted octanol–water partition coefficient (Wildman–Crippen LogP) is 6.24. The Labute approximate surface area is 182 Å². The van der Waals surface area contributed by atoms with Crippen molar-refractivity contribution in [3.63, 3.8) is 0 Å². The number of aromatic nitrogens is 2. The van der Waals surface area contributed by atoms with Gasteiger partial charge in [-0.05, 0) is 61.6 Å². The van der Waals surface area contributed by atoms with Crippen LogP contribution in [0.15, 0.2) is 36.4 Å². The van der Waals surface area contributed by atoms with Gasteiger partial charge in [0.15, 0.2) is 0 Å². The molecule has 0 bridgehead atoms. The molecule has 160 valence electrons. The summed E-state index contributed by atoms with van der Waals surface area (Å²) >= 11 is 6.21. The molecule has 0 fully saturated rings. The standard InChI is InChI=1S/C24H29ClFN3O/c1-5-11-29-22-13-18(25)7-9-21(22)27-23(29)15-28(12-10-16(2)3)24(30)20-14-19(26)8-6-17(20)4/h6-9,13-14,16H,5,10-12,15H2,1-4H3. The topological polar surface area (TPSA) is 38.1 Å². The monoisotopic (exact) mass is 429 g/mol. The first-order valence-corrected chi connectivity index (χ1v) is 10.9. The molecule has 0 saturated carbocycles. The highest BCUT2D eigenvalue weighted by atomic mass is 35.5. The van der Waals surface area contributed by atoms with E-state index in [0.29, 0.717) is 29.6 Å². The predicted molar refractivity (Wildman–Crippen MR) is 120 cm³/mol. The minimum absolute atomic E-state index is 0.166. The van der Waals surface area contributed by atoms with Crippen LogP contribution in [0.1, 0.15) is 55.4 Å². The normalized spacial score (nSPS) is 11.4. The summed E-state index contributed by atoms with van der Waals surface area (Å²) in [7, 11) is 0. The number of nitrogens with zero attached hydrogens (tertiary/aromatic N) is 3. The summed E-state index contributed by atoms with van der Waals surface area (Å²) in [4.78, 5) is 20.0. The molecule has 0 aliphatic rings. The van der Waals surface area contributed by atoms with Crippen LogP contribution >= 0.6 is 11.6 Å². The number of hydrogen-bond donors (Lipinski definition) is 0. The fourth-order valence-corrected chi connectivity index (χ4v) is 3.74. The van der Waals surface area contributed by atoms with Gasteiger partial charge in [0, 0.05) is 23.7 Å². The van der Waals surface area contributed by atoms with E-state index in [1.807, 2.05) is 25.1 Å². The van der Waals surface area contributed by atoms with Gasteiger partial charge >= 0.3 is 0 Å². The third-order valence-corrected chi connectivity index (χ3v) is 5.50. The minimum Gasteiger partial charge on any atom is -0.331 e. The number of fused-ring (bicyclic) bond motifs is 1. The van der Waals surface area contributed by atoms with E-state index in [0.717, 1.165) is 41.8 Å². The first kappa shape index (κ1) is 22.3. The lowest BCUT2D eigenvalue weighted by molar-refractivity contribution is 0.0728. The maximum atomic E-state index is 13.9. The molecule has 0 spiro atoms. The van der Waals surface area contributed by atoms with Crippen LogP contribution in [0, 0.1) is 18.7 Å². The Kier molecular flexibility index (Phi) is 7.14. The molecule has 0 radical (unpaired) electrons. The smallest absolute Gasteiger partial charge is 0.254 e. The van der Waals surface area contributed by atoms with Gasteiger partial charge in [-0.2, -0.15) is 0 Å². The lowest BCUT2D eigenvalue weighted by atomic mass is 10.1. The Morgan fingerprint density at radius 2 is 2.00 bits per heavy atom. The van der Waals surface area contributed by atoms with Crippen molar-refractivity contribution in [2.75, 3.05) is 6.54 Å². The average molecular weight is 430 g/mol. The largest absolute Gasteiger partial charge is 0.331 e. The van der Waals surface area contributed by atoms with E-state index >= 15 is 0 Å². The summed E-state index contributed by atoms with van der Waals surface area (Å²) in [5.74, 6) is 0.698. The number of carbonyl (C=O) groups excluding carboxylic acids is 1. The van der Waals surface area contributed by atoms with E-state index in [2.05, 4.69) is 25.3 Å². The quantitative estimate of drug-likeness (QED) is 0.425. The highest BCUT2D eigenvalue weighted by Crippen LogP contribution is 2.23. The van der Waals surface area contributed by atoms with Crippen LogP contribution in [0.2, 0.25) is 5.02 Å². The average Bonchev–Trinajstić information content (AvgIpc) is 3.03. The second-order valence-electron chi connectivity index (χ2n) is 8.18. The zero-order valence-electron chi connectivity index (χ0n) is 18.1. The second kappa shape index (κ2) is 9.61. The molecule has 6 heteroatoms. The maximum absolute atomic E-state index is 13.9. The molecule has 4 nitrogen and oxygen atoms in total. The summed E-state index contributed by atoms with van der Waals surface area (Å²) in [6.07, 6.45) is 1.80. The van der Waals surface area contributed by atoms with E-state index in [1.54, 1.807) is 11.0 Å². The Morgan fingerprint density at radius 3 is 2.70 bits per heavy atom. The molecule has 1 aromatic heterocycles. The molecule has 1 heterocycles. The molecule has 0 N–H and O–H groups in total. The first-order chi connectivity index (χ1) is 14.3. The van der Waals surface area contributed by atoms with Crippen LogP contribution < -0.4 is 0 Å². The summed E-state index contributed by atoms with van der Waals surface area (Å²) < 4.78 is 16.0. The molecule has 3 aromatic rings. The van der Waals surface area contributed by atoms with E-state index in [9.17, 15) is 9.18 Å². The van der Waals surface area contributed by atoms with Gasteiger partial charge in [-0.15, -0.1) is 0 Å². The molecule has 3 rings (SSSR count). The Balaban J connectivity index is 2.00. The van der Waals surface area contributed by atoms with Crippen molar-refractivity contribution in [1.82, 2.24) is 14.5 Å². The van der Waals surface area contributed by atoms with E-state index in [-0.39, 0.29) is 5.91 Å². The van der Waals surface area contributed by atoms with Crippen molar-refractivity contribution in [1.29, 1.82) is 0 Å². The highest BCUT2D eigenvalue weighted by Gasteiger charge is 2.22. The van der Waals surface area contributed by atoms with Crippen molar-refractivity contribution >= 4 is 28.5 Å².